The van der Waals surface area contributed by atoms with Crippen molar-refractivity contribution in [2.75, 3.05) is 13.2 Å². The molecule has 120 heavy (non-hydrogen) atoms. The van der Waals surface area contributed by atoms with Crippen LogP contribution in [0.1, 0.15) is 492 Å². The number of phosphoric ester groups is 1. The average molecular weight is 1730 g/mol. The third-order valence-corrected chi connectivity index (χ3v) is 24.9. The van der Waals surface area contributed by atoms with Crippen LogP contribution in [0, 0.1) is 0 Å². The Balaban J connectivity index is 2.58. The lowest BCUT2D eigenvalue weighted by molar-refractivity contribution is -0.285. The van der Waals surface area contributed by atoms with Gasteiger partial charge < -0.3 is 68.9 Å². The summed E-state index contributed by atoms with van der Waals surface area (Å²) >= 11 is 0. The first-order valence-corrected chi connectivity index (χ1v) is 51.8. The van der Waals surface area contributed by atoms with Gasteiger partial charge in [-0.3, -0.25) is 33.3 Å². The number of phosphoric acid groups is 1. The Kier molecular flexibility index (Phi) is 72.2. The molecule has 7 N–H and O–H groups in total. The zero-order chi connectivity index (χ0) is 87.7. The SMILES string of the molecule is CCCCCCCCCCCCCC(=O)O[C@H](CCCCCCCCCCC)CC(=O)NC1[C@H](OCC2O[C@H](C)C(NC(=O)C[C@@H](CCCCCCCCCCC)OC(=O)CCCCCCCCCCCCC)[C@@H](O)[C@@H]2O)OC(CO)[C@@H](OP(=O)(O)O)[C@@H]1OC(=O)C[C@@H](CCCCCCCCCCC)OC(=O)CCCCCCCCCCCCC. The highest BCUT2D eigenvalue weighted by atomic mass is 31.2. The molecular formula is C97H183N2O20P. The van der Waals surface area contributed by atoms with Crippen LogP contribution in [0.25, 0.3) is 0 Å². The Hall–Kier alpha value is -3.31. The van der Waals surface area contributed by atoms with E-state index in [0.717, 1.165) is 180 Å². The molecule has 0 aliphatic carbocycles. The van der Waals surface area contributed by atoms with Crippen molar-refractivity contribution in [3.05, 3.63) is 0 Å². The van der Waals surface area contributed by atoms with Crippen molar-refractivity contribution in [3.63, 3.8) is 0 Å². The summed E-state index contributed by atoms with van der Waals surface area (Å²) in [6.45, 7) is 13.3. The molecule has 23 heteroatoms. The van der Waals surface area contributed by atoms with Crippen LogP contribution in [0.15, 0.2) is 0 Å². The molecule has 0 aromatic heterocycles. The predicted molar refractivity (Wildman–Crippen MR) is 481 cm³/mol. The van der Waals surface area contributed by atoms with Gasteiger partial charge in [0.05, 0.1) is 44.6 Å². The first-order valence-electron chi connectivity index (χ1n) is 50.2. The Morgan fingerprint density at radius 2 is 0.617 bits per heavy atom. The van der Waals surface area contributed by atoms with Crippen molar-refractivity contribution < 1.29 is 96.1 Å². The minimum absolute atomic E-state index is 0.140. The molecule has 2 rings (SSSR count). The molecule has 0 aromatic rings. The number of esters is 4. The molecule has 0 aromatic carbocycles. The van der Waals surface area contributed by atoms with Crippen molar-refractivity contribution in [3.8, 4) is 0 Å². The van der Waals surface area contributed by atoms with E-state index in [0.29, 0.717) is 51.4 Å². The number of aliphatic hydroxyl groups excluding tert-OH is 3. The van der Waals surface area contributed by atoms with Crippen LogP contribution in [0.5, 0.6) is 0 Å². The van der Waals surface area contributed by atoms with E-state index >= 15 is 4.79 Å². The maximum atomic E-state index is 15.0. The van der Waals surface area contributed by atoms with Crippen LogP contribution >= 0.6 is 7.82 Å². The topological polar surface area (TPSA) is 319 Å². The minimum atomic E-state index is -5.56. The first kappa shape index (κ1) is 113. The number of carbonyl (C=O) groups is 6. The van der Waals surface area contributed by atoms with Crippen molar-refractivity contribution in [2.24, 2.45) is 0 Å². The summed E-state index contributed by atoms with van der Waals surface area (Å²) in [7, 11) is -5.56. The van der Waals surface area contributed by atoms with Gasteiger partial charge in [-0.25, -0.2) is 4.57 Å². The second-order valence-electron chi connectivity index (χ2n) is 35.8. The van der Waals surface area contributed by atoms with Gasteiger partial charge in [0, 0.05) is 19.3 Å². The number of nitrogens with one attached hydrogen (secondary N) is 2. The summed E-state index contributed by atoms with van der Waals surface area (Å²) in [5, 5.41) is 40.8. The summed E-state index contributed by atoms with van der Waals surface area (Å²) < 4.78 is 62.3. The third kappa shape index (κ3) is 60.4. The summed E-state index contributed by atoms with van der Waals surface area (Å²) in [6.07, 6.45) is 50.0. The van der Waals surface area contributed by atoms with Gasteiger partial charge in [-0.2, -0.15) is 0 Å². The standard InChI is InChI=1S/C97H183N2O20P/c1-8-14-20-26-32-38-41-47-53-59-65-71-87(103)114-80(68-62-56-50-44-35-29-23-17-11-4)74-85(101)98-91-79(7)113-84(93(107)94(91)108)78-112-97-92(99-86(102)75-81(69-63-57-51-45-36-30-24-18-12-5)115-88(104)72-66-60-54-48-42-39-33-27-21-15-9-2)96(95(83(77-100)117-97)119-120(109,110)111)118-90(106)76-82(70-64-58-52-46-37-31-25-19-13-6)116-89(105)73-67-61-55-49-43-40-34-28-22-16-10-3/h79-84,91-97,100,107-108H,8-78H2,1-7H3,(H,98,101)(H,99,102)(H2,109,110,111)/t79-,80-,81-,82-,83?,84?,91?,92?,93-,94-,95-,96-,97-/m1/s1. The molecule has 0 bridgehead atoms. The monoisotopic (exact) mass is 1730 g/mol. The molecule has 4 unspecified atom stereocenters. The number of unbranched alkanes of at least 4 members (excludes halogenated alkanes) is 54. The number of rotatable bonds is 84. The van der Waals surface area contributed by atoms with Gasteiger partial charge in [-0.1, -0.05) is 388 Å². The van der Waals surface area contributed by atoms with Crippen LogP contribution in [0.2, 0.25) is 0 Å². The van der Waals surface area contributed by atoms with Crippen LogP contribution in [0.3, 0.4) is 0 Å². The Morgan fingerprint density at radius 3 is 0.908 bits per heavy atom. The van der Waals surface area contributed by atoms with E-state index < -0.39 is 143 Å². The fourth-order valence-corrected chi connectivity index (χ4v) is 17.5. The van der Waals surface area contributed by atoms with E-state index in [9.17, 15) is 53.6 Å². The molecule has 13 atom stereocenters. The molecule has 2 heterocycles. The second-order valence-corrected chi connectivity index (χ2v) is 37.0. The summed E-state index contributed by atoms with van der Waals surface area (Å²) in [5.41, 5.74) is 0. The van der Waals surface area contributed by atoms with Crippen LogP contribution in [-0.4, -0.2) is 153 Å². The number of amides is 2. The molecule has 22 nitrogen and oxygen atoms in total. The Labute approximate surface area is 730 Å². The van der Waals surface area contributed by atoms with Crippen molar-refractivity contribution in [1.29, 1.82) is 0 Å². The van der Waals surface area contributed by atoms with E-state index in [1.54, 1.807) is 6.92 Å². The Bertz CT molecular complexity index is 2510. The van der Waals surface area contributed by atoms with Gasteiger partial charge in [0.15, 0.2) is 12.4 Å². The average Bonchev–Trinajstić information content (AvgIpc) is 0.772. The third-order valence-electron chi connectivity index (χ3n) is 24.4. The van der Waals surface area contributed by atoms with Gasteiger partial charge in [-0.05, 0) is 64.7 Å². The fraction of sp³-hybridized carbons (Fsp3) is 0.938. The van der Waals surface area contributed by atoms with Crippen molar-refractivity contribution in [2.45, 2.75) is 571 Å². The van der Waals surface area contributed by atoms with E-state index in [2.05, 4.69) is 52.2 Å². The summed E-state index contributed by atoms with van der Waals surface area (Å²) in [4.78, 5) is 106. The van der Waals surface area contributed by atoms with Crippen molar-refractivity contribution in [1.82, 2.24) is 10.6 Å². The zero-order valence-electron chi connectivity index (χ0n) is 77.5. The maximum absolute atomic E-state index is 15.0. The number of hydrogen-bond donors (Lipinski definition) is 7. The zero-order valence-corrected chi connectivity index (χ0v) is 78.4. The maximum Gasteiger partial charge on any atom is 0.470 e. The minimum Gasteiger partial charge on any atom is -0.462 e. The summed E-state index contributed by atoms with van der Waals surface area (Å²) in [5.74, 6) is -3.52. The molecule has 2 fully saturated rings. The van der Waals surface area contributed by atoms with E-state index in [-0.39, 0.29) is 31.7 Å². The highest BCUT2D eigenvalue weighted by Gasteiger charge is 2.53. The Morgan fingerprint density at radius 1 is 0.342 bits per heavy atom. The van der Waals surface area contributed by atoms with Gasteiger partial charge in [-0.15, -0.1) is 0 Å². The van der Waals surface area contributed by atoms with Gasteiger partial charge in [0.25, 0.3) is 0 Å². The van der Waals surface area contributed by atoms with Crippen LogP contribution in [-0.2, 0) is 71.0 Å². The highest BCUT2D eigenvalue weighted by molar-refractivity contribution is 7.46. The lowest BCUT2D eigenvalue weighted by Crippen LogP contribution is -2.67. The molecule has 2 aliphatic heterocycles. The summed E-state index contributed by atoms with van der Waals surface area (Å²) in [6, 6.07) is -2.87. The highest BCUT2D eigenvalue weighted by Crippen LogP contribution is 2.43. The molecule has 0 spiro atoms. The van der Waals surface area contributed by atoms with E-state index in [1.165, 1.54) is 173 Å². The van der Waals surface area contributed by atoms with Gasteiger partial charge in [0.1, 0.15) is 54.9 Å². The van der Waals surface area contributed by atoms with Gasteiger partial charge in [0.2, 0.25) is 11.8 Å². The molecule has 0 saturated carbocycles. The number of carbonyl (C=O) groups excluding carboxylic acids is 6. The second kappa shape index (κ2) is 76.9. The first-order chi connectivity index (χ1) is 58.2. The smallest absolute Gasteiger partial charge is 0.462 e. The van der Waals surface area contributed by atoms with Crippen molar-refractivity contribution >= 4 is 43.5 Å². The number of aliphatic hydroxyl groups is 3. The lowest BCUT2D eigenvalue weighted by Gasteiger charge is -2.46. The molecule has 2 saturated heterocycles. The van der Waals surface area contributed by atoms with E-state index in [4.69, 9.17) is 37.7 Å². The fourth-order valence-electron chi connectivity index (χ4n) is 16.9. The molecule has 0 radical (unpaired) electrons. The van der Waals surface area contributed by atoms with Crippen LogP contribution in [0.4, 0.5) is 0 Å². The molecule has 2 aliphatic rings. The lowest BCUT2D eigenvalue weighted by atomic mass is 9.93. The molecular weight excluding hydrogens is 1540 g/mol. The van der Waals surface area contributed by atoms with Crippen LogP contribution < -0.4 is 10.6 Å². The predicted octanol–water partition coefficient (Wildman–Crippen LogP) is 23.4. The quantitative estimate of drug-likeness (QED) is 0.0129. The van der Waals surface area contributed by atoms with E-state index in [1.807, 2.05) is 0 Å². The number of hydrogen-bond acceptors (Lipinski definition) is 18. The largest absolute Gasteiger partial charge is 0.470 e. The van der Waals surface area contributed by atoms with Gasteiger partial charge >= 0.3 is 31.7 Å². The molecule has 706 valence electrons. The number of ether oxygens (including phenoxy) is 7. The normalized spacial score (nSPS) is 20.2. The molecule has 2 amide bonds.